The molecule has 2 bridgehead atoms. The fourth-order valence-electron chi connectivity index (χ4n) is 6.84. The van der Waals surface area contributed by atoms with Gasteiger partial charge in [-0.05, 0) is 71.2 Å². The lowest BCUT2D eigenvalue weighted by molar-refractivity contribution is -0.0595. The molecule has 3 fully saturated rings. The lowest BCUT2D eigenvalue weighted by Gasteiger charge is -2.60. The summed E-state index contributed by atoms with van der Waals surface area (Å²) in [6.45, 7) is 18.9. The molecule has 2 aliphatic carbocycles. The zero-order chi connectivity index (χ0) is 23.1. The van der Waals surface area contributed by atoms with Gasteiger partial charge in [0.05, 0.1) is 5.49 Å². The summed E-state index contributed by atoms with van der Waals surface area (Å²) in [4.78, 5) is 2.17. The van der Waals surface area contributed by atoms with Crippen molar-refractivity contribution in [3.8, 4) is 0 Å². The molecule has 174 valence electrons. The number of piperidine rings is 1. The number of nitrogens with zero attached hydrogens (tertiary/aromatic N) is 1. The highest BCUT2D eigenvalue weighted by Gasteiger charge is 2.55. The molecule has 1 aliphatic heterocycles. The van der Waals surface area contributed by atoms with Crippen molar-refractivity contribution in [2.24, 2.45) is 33.8 Å². The number of nitrogens with two attached hydrogens (primary N) is 1. The monoisotopic (exact) mass is 442 g/mol. The third kappa shape index (κ3) is 5.19. The van der Waals surface area contributed by atoms with E-state index < -0.39 is 0 Å². The number of hydrogen-bond acceptors (Lipinski definition) is 2. The lowest BCUT2D eigenvalue weighted by atomic mass is 9.44. The number of benzene rings is 1. The molecule has 4 unspecified atom stereocenters. The zero-order valence-corrected chi connectivity index (χ0v) is 21.9. The molecule has 2 saturated carbocycles. The predicted octanol–water partition coefficient (Wildman–Crippen LogP) is 6.82. The second-order valence-electron chi connectivity index (χ2n) is 13.0. The van der Waals surface area contributed by atoms with Crippen LogP contribution >= 0.6 is 12.2 Å². The highest BCUT2D eigenvalue weighted by molar-refractivity contribution is 7.78. The first-order valence-electron chi connectivity index (χ1n) is 12.3. The molecule has 2 N–H and O–H groups in total. The molecule has 1 aromatic carbocycles. The number of rotatable bonds is 2. The maximum absolute atomic E-state index is 5.95. The number of fused-ring (bicyclic) bond motifs is 2. The average Bonchev–Trinajstić information content (AvgIpc) is 2.69. The summed E-state index contributed by atoms with van der Waals surface area (Å²) in [6, 6.07) is 11.7. The Kier molecular flexibility index (Phi) is 7.00. The zero-order valence-electron chi connectivity index (χ0n) is 21.1. The third-order valence-electron chi connectivity index (χ3n) is 9.15. The quantitative estimate of drug-likeness (QED) is 0.510. The summed E-state index contributed by atoms with van der Waals surface area (Å²) in [5.74, 6) is 1.69. The van der Waals surface area contributed by atoms with E-state index in [-0.39, 0.29) is 5.41 Å². The Bertz CT molecular complexity index is 750. The molecule has 1 aromatic rings. The van der Waals surface area contributed by atoms with E-state index in [2.05, 4.69) is 83.7 Å². The minimum Gasteiger partial charge on any atom is -0.368 e. The van der Waals surface area contributed by atoms with E-state index in [4.69, 9.17) is 18.0 Å². The van der Waals surface area contributed by atoms with Crippen molar-refractivity contribution in [3.05, 3.63) is 35.9 Å². The second kappa shape index (κ2) is 8.78. The van der Waals surface area contributed by atoms with Gasteiger partial charge in [0, 0.05) is 19.1 Å². The fraction of sp³-hybridized carbons (Fsp3) is 0.750. The first-order chi connectivity index (χ1) is 14.3. The van der Waals surface area contributed by atoms with Crippen molar-refractivity contribution in [3.63, 3.8) is 0 Å². The maximum atomic E-state index is 5.95. The topological polar surface area (TPSA) is 29.3 Å². The van der Waals surface area contributed by atoms with E-state index in [9.17, 15) is 0 Å². The van der Waals surface area contributed by atoms with Crippen molar-refractivity contribution in [1.29, 1.82) is 0 Å². The van der Waals surface area contributed by atoms with Crippen LogP contribution in [0.25, 0.3) is 0 Å². The summed E-state index contributed by atoms with van der Waals surface area (Å²) < 4.78 is 0. The minimum atomic E-state index is 0.216. The van der Waals surface area contributed by atoms with Gasteiger partial charge >= 0.3 is 0 Å². The first-order valence-corrected chi connectivity index (χ1v) is 12.8. The van der Waals surface area contributed by atoms with Crippen molar-refractivity contribution in [2.75, 3.05) is 13.1 Å². The largest absolute Gasteiger partial charge is 0.368 e. The van der Waals surface area contributed by atoms with Gasteiger partial charge in [0.1, 0.15) is 0 Å². The van der Waals surface area contributed by atoms with Crippen molar-refractivity contribution >= 4 is 17.7 Å². The van der Waals surface area contributed by atoms with Crippen molar-refractivity contribution in [2.45, 2.75) is 92.0 Å². The van der Waals surface area contributed by atoms with E-state index in [1.807, 2.05) is 0 Å². The van der Waals surface area contributed by atoms with Crippen LogP contribution in [-0.2, 0) is 5.41 Å². The Hall–Kier alpha value is -0.930. The van der Waals surface area contributed by atoms with Crippen molar-refractivity contribution < 1.29 is 0 Å². The van der Waals surface area contributed by atoms with E-state index in [1.54, 1.807) is 11.1 Å². The van der Waals surface area contributed by atoms with Crippen LogP contribution in [0.2, 0.25) is 0 Å². The molecule has 0 aromatic heterocycles. The normalized spacial score (nSPS) is 35.5. The predicted molar refractivity (Wildman–Crippen MR) is 138 cm³/mol. The maximum Gasteiger partial charge on any atom is 0.0641 e. The number of thiocarbonyl (C=S) groups is 1. The Morgan fingerprint density at radius 1 is 1.00 bits per heavy atom. The van der Waals surface area contributed by atoms with E-state index in [0.717, 1.165) is 31.3 Å². The van der Waals surface area contributed by atoms with Gasteiger partial charge in [-0.15, -0.1) is 0 Å². The standard InChI is InChI=1S/C20H30.C8H16N2S/c1-15-11-20(16-9-7-6-8-10-16)13-17(19(15,4)5)12-18(2,3)14-20;1-8(2)5-10(6-11)4-3-7(8)9/h6-10,15,17H,11-14H2,1-5H3;6-7H,3-5,9H2,1-2H3. The highest BCUT2D eigenvalue weighted by Crippen LogP contribution is 2.63. The average molecular weight is 443 g/mol. The van der Waals surface area contributed by atoms with Crippen LogP contribution in [0.1, 0.15) is 86.1 Å². The Morgan fingerprint density at radius 3 is 2.23 bits per heavy atom. The van der Waals surface area contributed by atoms with Gasteiger partial charge < -0.3 is 10.6 Å². The molecular formula is C28H46N2S. The van der Waals surface area contributed by atoms with Gasteiger partial charge in [-0.2, -0.15) is 0 Å². The molecule has 4 rings (SSSR count). The van der Waals surface area contributed by atoms with Crippen LogP contribution in [0, 0.1) is 28.1 Å². The van der Waals surface area contributed by atoms with Gasteiger partial charge in [0.15, 0.2) is 0 Å². The summed E-state index contributed by atoms with van der Waals surface area (Å²) in [5.41, 5.74) is 10.9. The van der Waals surface area contributed by atoms with Gasteiger partial charge in [-0.25, -0.2) is 0 Å². The molecule has 3 heteroatoms. The molecule has 0 amide bonds. The molecule has 3 aliphatic rings. The Balaban J connectivity index is 0.000000210. The molecular weight excluding hydrogens is 396 g/mol. The highest BCUT2D eigenvalue weighted by atomic mass is 32.1. The third-order valence-corrected chi connectivity index (χ3v) is 9.45. The Labute approximate surface area is 197 Å². The van der Waals surface area contributed by atoms with Gasteiger partial charge in [-0.1, -0.05) is 91.0 Å². The van der Waals surface area contributed by atoms with Crippen molar-refractivity contribution in [1.82, 2.24) is 4.90 Å². The van der Waals surface area contributed by atoms with Crippen LogP contribution < -0.4 is 5.73 Å². The minimum absolute atomic E-state index is 0.216. The molecule has 1 saturated heterocycles. The van der Waals surface area contributed by atoms with Crippen LogP contribution in [0.4, 0.5) is 0 Å². The molecule has 4 atom stereocenters. The molecule has 31 heavy (non-hydrogen) atoms. The van der Waals surface area contributed by atoms with Gasteiger partial charge in [0.2, 0.25) is 0 Å². The van der Waals surface area contributed by atoms with Crippen LogP contribution in [0.5, 0.6) is 0 Å². The molecule has 2 nitrogen and oxygen atoms in total. The van der Waals surface area contributed by atoms with E-state index in [1.165, 1.54) is 25.7 Å². The lowest BCUT2D eigenvalue weighted by Crippen LogP contribution is -2.52. The molecule has 0 radical (unpaired) electrons. The van der Waals surface area contributed by atoms with Crippen LogP contribution in [0.15, 0.2) is 30.3 Å². The SMILES string of the molecule is CC1(C)CN(C=S)CCC1N.CC1CC2(c3ccccc3)CC(CC(C)(C)C2)C1(C)C. The summed E-state index contributed by atoms with van der Waals surface area (Å²) in [7, 11) is 0. The second-order valence-corrected chi connectivity index (χ2v) is 13.2. The molecule has 0 spiro atoms. The number of likely N-dealkylation sites (tertiary alicyclic amines) is 1. The van der Waals surface area contributed by atoms with E-state index >= 15 is 0 Å². The van der Waals surface area contributed by atoms with Crippen LogP contribution in [-0.4, -0.2) is 29.5 Å². The van der Waals surface area contributed by atoms with Gasteiger partial charge in [-0.3, -0.25) is 0 Å². The van der Waals surface area contributed by atoms with Gasteiger partial charge in [0.25, 0.3) is 0 Å². The molecule has 1 heterocycles. The fourth-order valence-corrected chi connectivity index (χ4v) is 7.02. The summed E-state index contributed by atoms with van der Waals surface area (Å²) >= 11 is 4.87. The van der Waals surface area contributed by atoms with Crippen LogP contribution in [0.3, 0.4) is 0 Å². The summed E-state index contributed by atoms with van der Waals surface area (Å²) in [5, 5.41) is 0. The summed E-state index contributed by atoms with van der Waals surface area (Å²) in [6.07, 6.45) is 6.59. The number of hydrogen-bond donors (Lipinski definition) is 1. The first kappa shape index (κ1) is 24.7. The Morgan fingerprint density at radius 2 is 1.65 bits per heavy atom. The van der Waals surface area contributed by atoms with E-state index in [0.29, 0.717) is 22.3 Å². The smallest absolute Gasteiger partial charge is 0.0641 e.